The Morgan fingerprint density at radius 3 is 0.895 bits per heavy atom. The number of aliphatic carboxylic acids is 1. The first-order chi connectivity index (χ1) is 46.6. The minimum atomic E-state index is -1.62. The zero-order valence-electron chi connectivity index (χ0n) is 63.3. The number of carbonyl (C=O) groups is 3. The number of quaternary nitrogens is 1. The van der Waals surface area contributed by atoms with Crippen molar-refractivity contribution >= 4 is 17.9 Å². The Morgan fingerprint density at radius 1 is 0.326 bits per heavy atom. The predicted octanol–water partition coefficient (Wildman–Crippen LogP) is 24.8. The lowest BCUT2D eigenvalue weighted by atomic mass is 10.0. The summed E-state index contributed by atoms with van der Waals surface area (Å²) in [6.07, 6.45) is 101. The molecule has 0 aromatic heterocycles. The Labute approximate surface area is 589 Å². The van der Waals surface area contributed by atoms with Gasteiger partial charge in [0.2, 0.25) is 0 Å². The van der Waals surface area contributed by atoms with Crippen molar-refractivity contribution in [3.05, 3.63) is 85.1 Å². The second-order valence-electron chi connectivity index (χ2n) is 28.7. The first kappa shape index (κ1) is 91.5. The highest BCUT2D eigenvalue weighted by Gasteiger charge is 2.22. The van der Waals surface area contributed by atoms with E-state index in [9.17, 15) is 19.5 Å². The van der Waals surface area contributed by atoms with E-state index in [1.165, 1.54) is 283 Å². The molecular formula is C86H155NO8. The normalized spacial score (nSPS) is 13.1. The van der Waals surface area contributed by atoms with Crippen molar-refractivity contribution in [3.63, 3.8) is 0 Å². The zero-order valence-corrected chi connectivity index (χ0v) is 63.3. The maximum Gasteiger partial charge on any atom is 0.306 e. The molecule has 0 aliphatic carbocycles. The molecule has 0 spiro atoms. The van der Waals surface area contributed by atoms with Crippen LogP contribution in [-0.4, -0.2) is 82.3 Å². The second-order valence-corrected chi connectivity index (χ2v) is 28.7. The number of likely N-dealkylation sites (N-methyl/N-ethyl adjacent to an activating group) is 1. The lowest BCUT2D eigenvalue weighted by Gasteiger charge is -2.26. The van der Waals surface area contributed by atoms with Crippen LogP contribution in [-0.2, 0) is 33.3 Å². The van der Waals surface area contributed by atoms with Gasteiger partial charge in [-0.3, -0.25) is 9.59 Å². The Kier molecular flexibility index (Phi) is 73.4. The van der Waals surface area contributed by atoms with Gasteiger partial charge >= 0.3 is 11.9 Å². The predicted molar refractivity (Wildman–Crippen MR) is 408 cm³/mol. The smallest absolute Gasteiger partial charge is 0.306 e. The number of hydrogen-bond donors (Lipinski definition) is 0. The molecule has 0 saturated carbocycles. The number of esters is 2. The van der Waals surface area contributed by atoms with Crippen LogP contribution >= 0.6 is 0 Å². The van der Waals surface area contributed by atoms with Gasteiger partial charge in [-0.1, -0.05) is 369 Å². The van der Waals surface area contributed by atoms with Gasteiger partial charge in [0.05, 0.1) is 40.3 Å². The van der Waals surface area contributed by atoms with Gasteiger partial charge in [-0.05, 0) is 89.9 Å². The highest BCUT2D eigenvalue weighted by molar-refractivity contribution is 5.70. The summed E-state index contributed by atoms with van der Waals surface area (Å²) in [5, 5.41) is 11.9. The highest BCUT2D eigenvalue weighted by atomic mass is 16.7. The van der Waals surface area contributed by atoms with E-state index in [1.54, 1.807) is 0 Å². The van der Waals surface area contributed by atoms with Crippen molar-refractivity contribution in [2.24, 2.45) is 0 Å². The van der Waals surface area contributed by atoms with E-state index in [4.69, 9.17) is 18.9 Å². The molecule has 9 heteroatoms. The Hall–Kier alpha value is -3.53. The molecule has 9 nitrogen and oxygen atoms in total. The molecule has 0 aliphatic heterocycles. The number of allylic oxidation sites excluding steroid dienone is 14. The Bertz CT molecular complexity index is 1840. The van der Waals surface area contributed by atoms with Gasteiger partial charge in [-0.25, -0.2) is 0 Å². The third-order valence-corrected chi connectivity index (χ3v) is 18.1. The number of rotatable bonds is 76. The van der Waals surface area contributed by atoms with Crippen LogP contribution in [0.3, 0.4) is 0 Å². The Morgan fingerprint density at radius 2 is 0.600 bits per heavy atom. The molecule has 0 aromatic rings. The first-order valence-corrected chi connectivity index (χ1v) is 40.7. The molecule has 552 valence electrons. The number of carboxylic acids is 1. The van der Waals surface area contributed by atoms with Gasteiger partial charge in [0, 0.05) is 12.8 Å². The molecule has 0 N–H and O–H groups in total. The molecule has 95 heavy (non-hydrogen) atoms. The molecule has 0 rings (SSSR count). The van der Waals surface area contributed by atoms with E-state index in [0.29, 0.717) is 23.9 Å². The molecule has 0 saturated heterocycles. The van der Waals surface area contributed by atoms with Crippen molar-refractivity contribution < 1.29 is 42.9 Å². The van der Waals surface area contributed by atoms with E-state index < -0.39 is 24.3 Å². The molecule has 0 amide bonds. The van der Waals surface area contributed by atoms with Crippen molar-refractivity contribution in [1.82, 2.24) is 0 Å². The van der Waals surface area contributed by atoms with Crippen LogP contribution in [0, 0.1) is 0 Å². The molecular weight excluding hydrogens is 1170 g/mol. The van der Waals surface area contributed by atoms with Gasteiger partial charge in [0.15, 0.2) is 12.4 Å². The Balaban J connectivity index is 3.98. The largest absolute Gasteiger partial charge is 0.545 e. The quantitative estimate of drug-likeness (QED) is 0.0195. The van der Waals surface area contributed by atoms with Crippen LogP contribution in [0.5, 0.6) is 0 Å². The van der Waals surface area contributed by atoms with Gasteiger partial charge in [0.25, 0.3) is 0 Å². The molecule has 2 atom stereocenters. The summed E-state index contributed by atoms with van der Waals surface area (Å²) in [6.45, 7) is 4.68. The fourth-order valence-corrected chi connectivity index (χ4v) is 12.0. The lowest BCUT2D eigenvalue weighted by molar-refractivity contribution is -0.870. The third kappa shape index (κ3) is 77.7. The van der Waals surface area contributed by atoms with Crippen molar-refractivity contribution in [2.75, 3.05) is 47.5 Å². The van der Waals surface area contributed by atoms with Crippen LogP contribution in [0.25, 0.3) is 0 Å². The highest BCUT2D eigenvalue weighted by Crippen LogP contribution is 2.19. The summed E-state index contributed by atoms with van der Waals surface area (Å²) >= 11 is 0. The topological polar surface area (TPSA) is 111 Å². The maximum atomic E-state index is 13.0. The van der Waals surface area contributed by atoms with Crippen LogP contribution < -0.4 is 5.11 Å². The summed E-state index contributed by atoms with van der Waals surface area (Å²) < 4.78 is 22.9. The summed E-state index contributed by atoms with van der Waals surface area (Å²) in [7, 11) is 5.95. The van der Waals surface area contributed by atoms with Crippen LogP contribution in [0.4, 0.5) is 0 Å². The summed E-state index contributed by atoms with van der Waals surface area (Å²) in [4.78, 5) is 37.6. The van der Waals surface area contributed by atoms with Crippen LogP contribution in [0.1, 0.15) is 386 Å². The fraction of sp³-hybridized carbons (Fsp3) is 0.802. The van der Waals surface area contributed by atoms with Crippen molar-refractivity contribution in [1.29, 1.82) is 0 Å². The lowest BCUT2D eigenvalue weighted by Crippen LogP contribution is -2.44. The van der Waals surface area contributed by atoms with E-state index in [-0.39, 0.29) is 32.2 Å². The minimum absolute atomic E-state index is 0.149. The van der Waals surface area contributed by atoms with Crippen molar-refractivity contribution in [2.45, 2.75) is 399 Å². The number of carbonyl (C=O) groups excluding carboxylic acids is 3. The standard InChI is InChI=1S/C86H155NO8/c1-6-8-10-12-14-16-18-20-22-24-26-28-30-32-34-36-38-40-41-42-43-45-47-49-51-53-55-57-59-61-63-65-67-69-71-73-75-77-84(89)95-82(81-94-86(85(90)91)92-79-78-87(3,4)5)80-93-83(88)76-74-72-70-68-66-64-62-60-58-56-54-52-50-48-46-44-39-37-35-33-31-29-27-25-23-21-19-17-15-13-11-9-7-2/h8,10,14,16,19-22,25-28,31,33,82,86H,6-7,9,11-13,15,17-18,23-24,29-30,32,34-81H2,1-5H3/b10-8-,16-14-,21-19-,22-20-,27-25-,28-26-,33-31-. The molecule has 0 aromatic carbocycles. The number of unbranched alkanes of at least 4 members (excludes halogenated alkanes) is 47. The summed E-state index contributed by atoms with van der Waals surface area (Å²) in [6, 6.07) is 0. The summed E-state index contributed by atoms with van der Waals surface area (Å²) in [5.74, 6) is -2.26. The second kappa shape index (κ2) is 76.2. The van der Waals surface area contributed by atoms with E-state index in [2.05, 4.69) is 98.9 Å². The molecule has 0 heterocycles. The van der Waals surface area contributed by atoms with E-state index >= 15 is 0 Å². The maximum absolute atomic E-state index is 13.0. The SMILES string of the molecule is CC/C=C\C/C=C\C/C=C\C/C=C\CCCCCCCCCCCCCCCCCCCCCCCCCCC(=O)OC(COC(=O)CCCCCCCCCCCCCCCCCCCC/C=C\C/C=C\C/C=C\CCCCCCC)COC(OCC[N+](C)(C)C)C(=O)[O-]. The monoisotopic (exact) mass is 1330 g/mol. The number of hydrogen-bond acceptors (Lipinski definition) is 8. The van der Waals surface area contributed by atoms with Gasteiger partial charge < -0.3 is 33.3 Å². The number of carboxylic acid groups (broad SMARTS) is 1. The molecule has 0 bridgehead atoms. The summed E-state index contributed by atoms with van der Waals surface area (Å²) in [5.41, 5.74) is 0. The van der Waals surface area contributed by atoms with E-state index in [1.807, 2.05) is 21.1 Å². The number of ether oxygens (including phenoxy) is 4. The molecule has 0 aliphatic rings. The van der Waals surface area contributed by atoms with Gasteiger partial charge in [0.1, 0.15) is 13.2 Å². The number of nitrogens with zero attached hydrogens (tertiary/aromatic N) is 1. The first-order valence-electron chi connectivity index (χ1n) is 40.7. The average Bonchev–Trinajstić information content (AvgIpc) is 3.75. The third-order valence-electron chi connectivity index (χ3n) is 18.1. The molecule has 2 unspecified atom stereocenters. The molecule has 0 radical (unpaired) electrons. The van der Waals surface area contributed by atoms with Gasteiger partial charge in [-0.15, -0.1) is 0 Å². The van der Waals surface area contributed by atoms with Crippen LogP contribution in [0.15, 0.2) is 85.1 Å². The zero-order chi connectivity index (χ0) is 69.0. The average molecular weight is 1330 g/mol. The minimum Gasteiger partial charge on any atom is -0.545 e. The fourth-order valence-electron chi connectivity index (χ4n) is 12.0. The van der Waals surface area contributed by atoms with E-state index in [0.717, 1.165) is 70.6 Å². The molecule has 0 fully saturated rings. The van der Waals surface area contributed by atoms with Gasteiger partial charge in [-0.2, -0.15) is 0 Å². The van der Waals surface area contributed by atoms with Crippen LogP contribution in [0.2, 0.25) is 0 Å². The van der Waals surface area contributed by atoms with Crippen molar-refractivity contribution in [3.8, 4) is 0 Å².